The number of carboxylic acid groups (broad SMARTS) is 1. The van der Waals surface area contributed by atoms with Crippen LogP contribution in [0.4, 0.5) is 4.79 Å². The number of carbonyl (C=O) groups is 5. The maximum Gasteiger partial charge on any atom is 0.415 e. The number of carbonyl (C=O) groups excluding carboxylic acids is 4. The lowest BCUT2D eigenvalue weighted by Crippen LogP contribution is -2.52. The summed E-state index contributed by atoms with van der Waals surface area (Å²) in [5, 5.41) is 17.1. The Bertz CT molecular complexity index is 1920. The van der Waals surface area contributed by atoms with Gasteiger partial charge in [0.25, 0.3) is 5.91 Å². The molecule has 12 heteroatoms. The minimum atomic E-state index is -1.28. The summed E-state index contributed by atoms with van der Waals surface area (Å²) in [6.07, 6.45) is 4.21. The number of piperidine rings is 2. The summed E-state index contributed by atoms with van der Waals surface area (Å²) in [7, 11) is 0. The Kier molecular flexibility index (Phi) is 11.4. The van der Waals surface area contributed by atoms with Crippen molar-refractivity contribution in [2.75, 3.05) is 26.2 Å². The summed E-state index contributed by atoms with van der Waals surface area (Å²) in [5.41, 5.74) is 1.93. The number of nitrogens with one attached hydrogen (secondary N) is 2. The van der Waals surface area contributed by atoms with Gasteiger partial charge in [-0.05, 0) is 74.3 Å². The van der Waals surface area contributed by atoms with Gasteiger partial charge in [0, 0.05) is 49.3 Å². The van der Waals surface area contributed by atoms with Gasteiger partial charge in [-0.1, -0.05) is 56.3 Å². The molecule has 4 aromatic rings. The fourth-order valence-corrected chi connectivity index (χ4v) is 7.11. The molecule has 4 amide bonds. The molecule has 3 aromatic carbocycles. The SMILES string of the molecule is CC(C)C[C@H](NC(=O)c1cccc2c1oc1ccccc12)C(=O)N[C@@H](Cc1ccc(OC(=O)N2CCC(C(=O)N3CCCCC3)CC2)cc1)C(=O)O. The fourth-order valence-electron chi connectivity index (χ4n) is 7.11. The molecule has 0 unspecified atom stereocenters. The number of para-hydroxylation sites is 2. The predicted octanol–water partition coefficient (Wildman–Crippen LogP) is 5.77. The molecule has 2 aliphatic heterocycles. The summed E-state index contributed by atoms with van der Waals surface area (Å²) >= 11 is 0. The lowest BCUT2D eigenvalue weighted by atomic mass is 9.94. The van der Waals surface area contributed by atoms with Crippen LogP contribution in [0.5, 0.6) is 5.75 Å². The molecule has 0 saturated carbocycles. The second-order valence-corrected chi connectivity index (χ2v) is 14.2. The number of hydrogen-bond acceptors (Lipinski definition) is 7. The van der Waals surface area contributed by atoms with Gasteiger partial charge in [0.15, 0.2) is 0 Å². The van der Waals surface area contributed by atoms with Crippen LogP contribution in [0, 0.1) is 11.8 Å². The van der Waals surface area contributed by atoms with Crippen LogP contribution in [0.3, 0.4) is 0 Å². The number of furan rings is 1. The van der Waals surface area contributed by atoms with Crippen molar-refractivity contribution >= 4 is 51.7 Å². The van der Waals surface area contributed by atoms with Crippen molar-refractivity contribution in [2.24, 2.45) is 11.8 Å². The highest BCUT2D eigenvalue weighted by Crippen LogP contribution is 2.31. The predicted molar refractivity (Wildman–Crippen MR) is 195 cm³/mol. The average molecular weight is 711 g/mol. The highest BCUT2D eigenvalue weighted by molar-refractivity contribution is 6.13. The number of aliphatic carboxylic acids is 1. The Morgan fingerprint density at radius 3 is 2.19 bits per heavy atom. The molecule has 3 heterocycles. The Morgan fingerprint density at radius 2 is 1.50 bits per heavy atom. The second kappa shape index (κ2) is 16.3. The van der Waals surface area contributed by atoms with E-state index < -0.39 is 36.0 Å². The Labute approximate surface area is 302 Å². The molecule has 0 bridgehead atoms. The standard InChI is InChI=1S/C40H46N4O8/c1-25(2)23-32(41-36(45)31-11-8-10-30-29-9-4-5-12-34(29)52-35(30)31)37(46)42-33(39(48)49)24-26-13-15-28(16-14-26)51-40(50)44-21-17-27(18-22-44)38(47)43-19-6-3-7-20-43/h4-5,8-16,25,27,32-33H,3,6-7,17-24H2,1-2H3,(H,41,45)(H,42,46)(H,48,49)/t32-,33-/m0/s1. The molecule has 0 spiro atoms. The molecule has 274 valence electrons. The van der Waals surface area contributed by atoms with Gasteiger partial charge < -0.3 is 34.7 Å². The van der Waals surface area contributed by atoms with Crippen LogP contribution < -0.4 is 15.4 Å². The van der Waals surface area contributed by atoms with Crippen molar-refractivity contribution < 1.29 is 38.2 Å². The third kappa shape index (κ3) is 8.55. The first-order chi connectivity index (χ1) is 25.1. The van der Waals surface area contributed by atoms with Crippen molar-refractivity contribution in [1.82, 2.24) is 20.4 Å². The highest BCUT2D eigenvalue weighted by atomic mass is 16.6. The van der Waals surface area contributed by atoms with Gasteiger partial charge in [-0.2, -0.15) is 0 Å². The first-order valence-electron chi connectivity index (χ1n) is 18.2. The number of benzene rings is 3. The van der Waals surface area contributed by atoms with Gasteiger partial charge in [-0.3, -0.25) is 14.4 Å². The van der Waals surface area contributed by atoms with Gasteiger partial charge in [0.1, 0.15) is 29.0 Å². The maximum atomic E-state index is 13.5. The summed E-state index contributed by atoms with van der Waals surface area (Å²) in [6.45, 7) is 6.33. The van der Waals surface area contributed by atoms with Crippen LogP contribution >= 0.6 is 0 Å². The van der Waals surface area contributed by atoms with Crippen LogP contribution in [0.1, 0.15) is 68.3 Å². The molecule has 6 rings (SSSR count). The van der Waals surface area contributed by atoms with Crippen LogP contribution in [0.2, 0.25) is 0 Å². The van der Waals surface area contributed by atoms with E-state index in [4.69, 9.17) is 9.15 Å². The summed E-state index contributed by atoms with van der Waals surface area (Å²) < 4.78 is 11.6. The third-order valence-electron chi connectivity index (χ3n) is 9.93. The van der Waals surface area contributed by atoms with E-state index in [-0.39, 0.29) is 36.1 Å². The lowest BCUT2D eigenvalue weighted by molar-refractivity contribution is -0.142. The van der Waals surface area contributed by atoms with E-state index in [9.17, 15) is 29.1 Å². The molecule has 52 heavy (non-hydrogen) atoms. The summed E-state index contributed by atoms with van der Waals surface area (Å²) in [5.74, 6) is -1.90. The molecular formula is C40H46N4O8. The van der Waals surface area contributed by atoms with E-state index in [1.165, 1.54) is 0 Å². The molecular weight excluding hydrogens is 664 g/mol. The van der Waals surface area contributed by atoms with Crippen molar-refractivity contribution in [3.05, 3.63) is 77.9 Å². The summed E-state index contributed by atoms with van der Waals surface area (Å²) in [6, 6.07) is 16.9. The summed E-state index contributed by atoms with van der Waals surface area (Å²) in [4.78, 5) is 68.7. The molecule has 0 aliphatic carbocycles. The normalized spacial score (nSPS) is 16.4. The number of rotatable bonds is 11. The Balaban J connectivity index is 1.04. The number of hydrogen-bond donors (Lipinski definition) is 3. The van der Waals surface area contributed by atoms with Crippen molar-refractivity contribution in [3.63, 3.8) is 0 Å². The van der Waals surface area contributed by atoms with Crippen LogP contribution in [-0.4, -0.2) is 83.0 Å². The molecule has 2 atom stereocenters. The molecule has 12 nitrogen and oxygen atoms in total. The molecule has 0 radical (unpaired) electrons. The smallest absolute Gasteiger partial charge is 0.415 e. The zero-order chi connectivity index (χ0) is 36.8. The van der Waals surface area contributed by atoms with Crippen LogP contribution in [-0.2, 0) is 20.8 Å². The quantitative estimate of drug-likeness (QED) is 0.177. The minimum Gasteiger partial charge on any atom is -0.480 e. The van der Waals surface area contributed by atoms with E-state index in [2.05, 4.69) is 10.6 Å². The largest absolute Gasteiger partial charge is 0.480 e. The third-order valence-corrected chi connectivity index (χ3v) is 9.93. The average Bonchev–Trinajstić information content (AvgIpc) is 3.54. The van der Waals surface area contributed by atoms with E-state index in [0.29, 0.717) is 48.4 Å². The number of carboxylic acids is 1. The van der Waals surface area contributed by atoms with Gasteiger partial charge in [-0.25, -0.2) is 9.59 Å². The Hall–Kier alpha value is -5.39. The van der Waals surface area contributed by atoms with Gasteiger partial charge in [0.2, 0.25) is 11.8 Å². The molecule has 2 fully saturated rings. The van der Waals surface area contributed by atoms with E-state index in [1.54, 1.807) is 41.3 Å². The lowest BCUT2D eigenvalue weighted by Gasteiger charge is -2.35. The number of amides is 4. The number of fused-ring (bicyclic) bond motifs is 3. The molecule has 1 aromatic heterocycles. The maximum absolute atomic E-state index is 13.5. The minimum absolute atomic E-state index is 0.0185. The van der Waals surface area contributed by atoms with Gasteiger partial charge >= 0.3 is 12.1 Å². The molecule has 3 N–H and O–H groups in total. The topological polar surface area (TPSA) is 158 Å². The van der Waals surface area contributed by atoms with Crippen molar-refractivity contribution in [3.8, 4) is 5.75 Å². The zero-order valence-electron chi connectivity index (χ0n) is 29.6. The fraction of sp³-hybridized carbons (Fsp3) is 0.425. The number of nitrogens with zero attached hydrogens (tertiary/aromatic N) is 2. The van der Waals surface area contributed by atoms with Crippen molar-refractivity contribution in [1.29, 1.82) is 0 Å². The van der Waals surface area contributed by atoms with Crippen LogP contribution in [0.15, 0.2) is 71.1 Å². The van der Waals surface area contributed by atoms with Gasteiger partial charge in [0.05, 0.1) is 5.56 Å². The number of likely N-dealkylation sites (tertiary alicyclic amines) is 2. The highest BCUT2D eigenvalue weighted by Gasteiger charge is 2.32. The number of ether oxygens (including phenoxy) is 1. The second-order valence-electron chi connectivity index (χ2n) is 14.2. The van der Waals surface area contributed by atoms with Crippen LogP contribution in [0.25, 0.3) is 21.9 Å². The van der Waals surface area contributed by atoms with Gasteiger partial charge in [-0.15, -0.1) is 0 Å². The zero-order valence-corrected chi connectivity index (χ0v) is 29.6. The van der Waals surface area contributed by atoms with E-state index in [1.807, 2.05) is 49.1 Å². The van der Waals surface area contributed by atoms with E-state index in [0.717, 1.165) is 43.1 Å². The first-order valence-corrected chi connectivity index (χ1v) is 18.2. The molecule has 2 saturated heterocycles. The monoisotopic (exact) mass is 710 g/mol. The molecule has 2 aliphatic rings. The Morgan fingerprint density at radius 1 is 0.808 bits per heavy atom. The van der Waals surface area contributed by atoms with E-state index >= 15 is 0 Å². The first kappa shape index (κ1) is 36.4. The van der Waals surface area contributed by atoms with Crippen molar-refractivity contribution in [2.45, 2.75) is 70.9 Å².